The van der Waals surface area contributed by atoms with E-state index in [2.05, 4.69) is 23.7 Å². The largest absolute Gasteiger partial charge is 0.381 e. The minimum Gasteiger partial charge on any atom is -0.381 e. The third-order valence-electron chi connectivity index (χ3n) is 3.21. The fourth-order valence-corrected chi connectivity index (χ4v) is 2.50. The van der Waals surface area contributed by atoms with Crippen LogP contribution in [0.2, 0.25) is 0 Å². The van der Waals surface area contributed by atoms with Crippen LogP contribution >= 0.6 is 12.6 Å². The molecular weight excluding hydrogens is 222 g/mol. The van der Waals surface area contributed by atoms with E-state index in [1.165, 1.54) is 0 Å². The molecule has 1 aromatic heterocycles. The molecule has 0 bridgehead atoms. The van der Waals surface area contributed by atoms with Crippen molar-refractivity contribution < 1.29 is 4.74 Å². The van der Waals surface area contributed by atoms with E-state index < -0.39 is 0 Å². The van der Waals surface area contributed by atoms with Gasteiger partial charge in [0, 0.05) is 37.6 Å². The van der Waals surface area contributed by atoms with Crippen molar-refractivity contribution in [3.63, 3.8) is 0 Å². The number of aromatic nitrogens is 2. The molecule has 0 radical (unpaired) electrons. The van der Waals surface area contributed by atoms with Gasteiger partial charge < -0.3 is 9.30 Å². The summed E-state index contributed by atoms with van der Waals surface area (Å²) in [6, 6.07) is 2.10. The van der Waals surface area contributed by atoms with E-state index >= 15 is 0 Å². The first kappa shape index (κ1) is 11.5. The molecule has 0 atom stereocenters. The molecule has 0 spiro atoms. The highest BCUT2D eigenvalue weighted by Crippen LogP contribution is 2.33. The number of ether oxygens (including phenoxy) is 1. The number of thiol groups is 1. The summed E-state index contributed by atoms with van der Waals surface area (Å²) >= 11 is 4.45. The van der Waals surface area contributed by atoms with E-state index in [1.807, 2.05) is 10.8 Å². The molecule has 1 aliphatic rings. The standard InChI is InChI=1S/C11H15N3OS/c12-7-10-13-3-4-14(10)8-11(9-16)1-5-15-6-2-11/h3-4,16H,1-2,5-6,8-9H2. The minimum absolute atomic E-state index is 0.146. The quantitative estimate of drug-likeness (QED) is 0.810. The van der Waals surface area contributed by atoms with Gasteiger partial charge in [-0.1, -0.05) is 0 Å². The van der Waals surface area contributed by atoms with Crippen LogP contribution < -0.4 is 0 Å². The second kappa shape index (κ2) is 4.89. The Balaban J connectivity index is 2.15. The summed E-state index contributed by atoms with van der Waals surface area (Å²) in [6.45, 7) is 2.39. The van der Waals surface area contributed by atoms with Crippen molar-refractivity contribution in [2.24, 2.45) is 5.41 Å². The Kier molecular flexibility index (Phi) is 3.52. The van der Waals surface area contributed by atoms with Gasteiger partial charge in [-0.05, 0) is 18.6 Å². The Hall–Kier alpha value is -0.990. The van der Waals surface area contributed by atoms with Gasteiger partial charge in [0.15, 0.2) is 0 Å². The molecule has 4 nitrogen and oxygen atoms in total. The highest BCUT2D eigenvalue weighted by molar-refractivity contribution is 7.80. The molecule has 0 amide bonds. The number of hydrogen-bond acceptors (Lipinski definition) is 4. The molecule has 2 heterocycles. The first-order chi connectivity index (χ1) is 7.79. The van der Waals surface area contributed by atoms with Crippen molar-refractivity contribution in [3.8, 4) is 6.07 Å². The SMILES string of the molecule is N#Cc1nccn1CC1(CS)CCOCC1. The monoisotopic (exact) mass is 237 g/mol. The van der Waals surface area contributed by atoms with Crippen LogP contribution in [0.15, 0.2) is 12.4 Å². The van der Waals surface area contributed by atoms with Gasteiger partial charge in [-0.2, -0.15) is 17.9 Å². The van der Waals surface area contributed by atoms with E-state index in [0.29, 0.717) is 5.82 Å². The lowest BCUT2D eigenvalue weighted by atomic mass is 9.82. The molecule has 16 heavy (non-hydrogen) atoms. The lowest BCUT2D eigenvalue weighted by molar-refractivity contribution is 0.0181. The predicted molar refractivity (Wildman–Crippen MR) is 63.3 cm³/mol. The summed E-state index contributed by atoms with van der Waals surface area (Å²) in [4.78, 5) is 4.01. The Morgan fingerprint density at radius 1 is 1.56 bits per heavy atom. The highest BCUT2D eigenvalue weighted by Gasteiger charge is 2.32. The number of imidazole rings is 1. The lowest BCUT2D eigenvalue weighted by Gasteiger charge is -2.36. The topological polar surface area (TPSA) is 50.8 Å². The molecule has 1 saturated heterocycles. The maximum absolute atomic E-state index is 8.92. The Morgan fingerprint density at radius 3 is 2.94 bits per heavy atom. The summed E-state index contributed by atoms with van der Waals surface area (Å²) in [5, 5.41) is 8.92. The maximum atomic E-state index is 8.92. The molecule has 0 N–H and O–H groups in total. The minimum atomic E-state index is 0.146. The van der Waals surface area contributed by atoms with E-state index in [1.54, 1.807) is 6.20 Å². The Bertz CT molecular complexity index is 390. The molecule has 86 valence electrons. The molecule has 0 saturated carbocycles. The van der Waals surface area contributed by atoms with Crippen LogP contribution in [-0.4, -0.2) is 28.5 Å². The summed E-state index contributed by atoms with van der Waals surface area (Å²) in [6.07, 6.45) is 5.53. The molecule has 2 rings (SSSR count). The summed E-state index contributed by atoms with van der Waals surface area (Å²) in [5.41, 5.74) is 0.146. The van der Waals surface area contributed by atoms with Crippen LogP contribution in [0.4, 0.5) is 0 Å². The fourth-order valence-electron chi connectivity index (χ4n) is 2.08. The van der Waals surface area contributed by atoms with Crippen molar-refractivity contribution >= 4 is 12.6 Å². The highest BCUT2D eigenvalue weighted by atomic mass is 32.1. The fraction of sp³-hybridized carbons (Fsp3) is 0.636. The number of hydrogen-bond donors (Lipinski definition) is 1. The molecule has 0 aromatic carbocycles. The maximum Gasteiger partial charge on any atom is 0.212 e. The zero-order valence-electron chi connectivity index (χ0n) is 9.09. The Morgan fingerprint density at radius 2 is 2.31 bits per heavy atom. The normalized spacial score (nSPS) is 19.2. The molecule has 0 unspecified atom stereocenters. The second-order valence-electron chi connectivity index (χ2n) is 4.26. The number of nitriles is 1. The molecule has 5 heteroatoms. The summed E-state index contributed by atoms with van der Waals surface area (Å²) < 4.78 is 7.30. The number of rotatable bonds is 3. The van der Waals surface area contributed by atoms with Crippen LogP contribution in [-0.2, 0) is 11.3 Å². The van der Waals surface area contributed by atoms with Crippen molar-refractivity contribution in [1.82, 2.24) is 9.55 Å². The lowest BCUT2D eigenvalue weighted by Crippen LogP contribution is -2.35. The van der Waals surface area contributed by atoms with Crippen LogP contribution in [0.25, 0.3) is 0 Å². The molecule has 1 aromatic rings. The van der Waals surface area contributed by atoms with Gasteiger partial charge in [0.25, 0.3) is 0 Å². The van der Waals surface area contributed by atoms with E-state index in [0.717, 1.165) is 38.4 Å². The third-order valence-corrected chi connectivity index (χ3v) is 3.88. The molecule has 1 aliphatic heterocycles. The van der Waals surface area contributed by atoms with Crippen LogP contribution in [0.5, 0.6) is 0 Å². The van der Waals surface area contributed by atoms with Gasteiger partial charge in [0.05, 0.1) is 0 Å². The average molecular weight is 237 g/mol. The zero-order chi connectivity index (χ0) is 11.4. The van der Waals surface area contributed by atoms with Crippen LogP contribution in [0.3, 0.4) is 0 Å². The van der Waals surface area contributed by atoms with Gasteiger partial charge in [0.2, 0.25) is 5.82 Å². The zero-order valence-corrected chi connectivity index (χ0v) is 9.99. The van der Waals surface area contributed by atoms with E-state index in [9.17, 15) is 0 Å². The number of nitrogens with zero attached hydrogens (tertiary/aromatic N) is 3. The second-order valence-corrected chi connectivity index (χ2v) is 4.58. The van der Waals surface area contributed by atoms with Gasteiger partial charge in [-0.25, -0.2) is 4.98 Å². The van der Waals surface area contributed by atoms with Gasteiger partial charge in [-0.3, -0.25) is 0 Å². The average Bonchev–Trinajstić information content (AvgIpc) is 2.77. The van der Waals surface area contributed by atoms with Gasteiger partial charge in [-0.15, -0.1) is 0 Å². The van der Waals surface area contributed by atoms with Crippen molar-refractivity contribution in [2.75, 3.05) is 19.0 Å². The predicted octanol–water partition coefficient (Wildman–Crippen LogP) is 1.48. The van der Waals surface area contributed by atoms with Crippen molar-refractivity contribution in [2.45, 2.75) is 19.4 Å². The molecule has 1 fully saturated rings. The summed E-state index contributed by atoms with van der Waals surface area (Å²) in [5.74, 6) is 1.30. The van der Waals surface area contributed by atoms with Crippen molar-refractivity contribution in [1.29, 1.82) is 5.26 Å². The van der Waals surface area contributed by atoms with Gasteiger partial charge in [0.1, 0.15) is 6.07 Å². The van der Waals surface area contributed by atoms with E-state index in [4.69, 9.17) is 10.00 Å². The summed E-state index contributed by atoms with van der Waals surface area (Å²) in [7, 11) is 0. The molecular formula is C11H15N3OS. The molecule has 0 aliphatic carbocycles. The van der Waals surface area contributed by atoms with Crippen LogP contribution in [0, 0.1) is 16.7 Å². The van der Waals surface area contributed by atoms with Gasteiger partial charge >= 0.3 is 0 Å². The van der Waals surface area contributed by atoms with Crippen molar-refractivity contribution in [3.05, 3.63) is 18.2 Å². The van der Waals surface area contributed by atoms with Crippen LogP contribution in [0.1, 0.15) is 18.7 Å². The first-order valence-corrected chi connectivity index (χ1v) is 6.03. The first-order valence-electron chi connectivity index (χ1n) is 5.39. The third kappa shape index (κ3) is 2.23. The van der Waals surface area contributed by atoms with E-state index in [-0.39, 0.29) is 5.41 Å². The smallest absolute Gasteiger partial charge is 0.212 e. The Labute approximate surface area is 101 Å².